The first-order chi connectivity index (χ1) is 9.11. The molecule has 1 aliphatic carbocycles. The smallest absolute Gasteiger partial charge is 0.307 e. The van der Waals surface area contributed by atoms with Crippen LogP contribution in [0, 0.1) is 11.8 Å². The van der Waals surface area contributed by atoms with E-state index in [-0.39, 0.29) is 11.8 Å². The SMILES string of the molecule is CCOc1ccc(C2CC(C)CCC2C(=O)O)cc1. The molecule has 0 saturated heterocycles. The molecule has 0 aromatic heterocycles. The molecule has 1 fully saturated rings. The van der Waals surface area contributed by atoms with E-state index in [0.29, 0.717) is 12.5 Å². The minimum atomic E-state index is -0.661. The van der Waals surface area contributed by atoms with Gasteiger partial charge in [-0.25, -0.2) is 0 Å². The highest BCUT2D eigenvalue weighted by Gasteiger charge is 2.34. The molecule has 1 aliphatic rings. The van der Waals surface area contributed by atoms with Crippen molar-refractivity contribution in [2.45, 2.75) is 39.0 Å². The molecule has 0 heterocycles. The monoisotopic (exact) mass is 262 g/mol. The highest BCUT2D eigenvalue weighted by atomic mass is 16.5. The molecule has 0 bridgehead atoms. The van der Waals surface area contributed by atoms with Crippen LogP contribution in [0.1, 0.15) is 44.6 Å². The fourth-order valence-corrected chi connectivity index (χ4v) is 3.02. The van der Waals surface area contributed by atoms with Crippen LogP contribution < -0.4 is 4.74 Å². The summed E-state index contributed by atoms with van der Waals surface area (Å²) in [6, 6.07) is 7.92. The lowest BCUT2D eigenvalue weighted by atomic mass is 9.71. The second-order valence-corrected chi connectivity index (χ2v) is 5.47. The van der Waals surface area contributed by atoms with Gasteiger partial charge in [-0.2, -0.15) is 0 Å². The van der Waals surface area contributed by atoms with Gasteiger partial charge in [0.2, 0.25) is 0 Å². The molecule has 3 nitrogen and oxygen atoms in total. The van der Waals surface area contributed by atoms with Gasteiger partial charge in [-0.3, -0.25) is 4.79 Å². The summed E-state index contributed by atoms with van der Waals surface area (Å²) in [4.78, 5) is 11.4. The van der Waals surface area contributed by atoms with Crippen molar-refractivity contribution in [2.24, 2.45) is 11.8 Å². The second kappa shape index (κ2) is 6.09. The molecule has 3 unspecified atom stereocenters. The maximum Gasteiger partial charge on any atom is 0.307 e. The van der Waals surface area contributed by atoms with Gasteiger partial charge in [-0.1, -0.05) is 19.1 Å². The molecule has 3 atom stereocenters. The van der Waals surface area contributed by atoms with E-state index in [1.54, 1.807) is 0 Å². The zero-order valence-corrected chi connectivity index (χ0v) is 11.6. The molecule has 19 heavy (non-hydrogen) atoms. The van der Waals surface area contributed by atoms with Crippen molar-refractivity contribution in [1.82, 2.24) is 0 Å². The van der Waals surface area contributed by atoms with Crippen molar-refractivity contribution < 1.29 is 14.6 Å². The first-order valence-corrected chi connectivity index (χ1v) is 7.07. The number of hydrogen-bond acceptors (Lipinski definition) is 2. The third-order valence-electron chi connectivity index (χ3n) is 4.05. The van der Waals surface area contributed by atoms with E-state index in [9.17, 15) is 9.90 Å². The average molecular weight is 262 g/mol. The fraction of sp³-hybridized carbons (Fsp3) is 0.562. The molecule has 3 heteroatoms. The molecule has 2 rings (SSSR count). The zero-order valence-electron chi connectivity index (χ0n) is 11.6. The molecular weight excluding hydrogens is 240 g/mol. The first kappa shape index (κ1) is 13.9. The van der Waals surface area contributed by atoms with Gasteiger partial charge in [-0.05, 0) is 55.7 Å². The summed E-state index contributed by atoms with van der Waals surface area (Å²) in [7, 11) is 0. The predicted octanol–water partition coefficient (Wildman–Crippen LogP) is 3.69. The Balaban J connectivity index is 2.18. The van der Waals surface area contributed by atoms with Crippen molar-refractivity contribution in [3.8, 4) is 5.75 Å². The van der Waals surface area contributed by atoms with E-state index in [1.165, 1.54) is 0 Å². The maximum atomic E-state index is 11.4. The minimum Gasteiger partial charge on any atom is -0.494 e. The van der Waals surface area contributed by atoms with Crippen LogP contribution >= 0.6 is 0 Å². The summed E-state index contributed by atoms with van der Waals surface area (Å²) in [5.41, 5.74) is 1.13. The molecule has 0 spiro atoms. The Hall–Kier alpha value is -1.51. The van der Waals surface area contributed by atoms with Gasteiger partial charge in [0, 0.05) is 0 Å². The Bertz CT molecular complexity index is 424. The molecule has 1 aromatic rings. The van der Waals surface area contributed by atoms with Crippen LogP contribution in [-0.2, 0) is 4.79 Å². The Kier molecular flexibility index (Phi) is 4.46. The predicted molar refractivity (Wildman–Crippen MR) is 74.5 cm³/mol. The fourth-order valence-electron chi connectivity index (χ4n) is 3.02. The number of benzene rings is 1. The molecule has 1 saturated carbocycles. The van der Waals surface area contributed by atoms with Crippen molar-refractivity contribution in [1.29, 1.82) is 0 Å². The summed E-state index contributed by atoms with van der Waals surface area (Å²) in [6.45, 7) is 4.81. The van der Waals surface area contributed by atoms with E-state index in [1.807, 2.05) is 31.2 Å². The topological polar surface area (TPSA) is 46.5 Å². The number of hydrogen-bond donors (Lipinski definition) is 1. The molecule has 1 N–H and O–H groups in total. The molecule has 0 radical (unpaired) electrons. The lowest BCUT2D eigenvalue weighted by molar-refractivity contribution is -0.143. The molecular formula is C16H22O3. The minimum absolute atomic E-state index is 0.136. The van der Waals surface area contributed by atoms with E-state index < -0.39 is 5.97 Å². The largest absolute Gasteiger partial charge is 0.494 e. The van der Waals surface area contributed by atoms with Crippen molar-refractivity contribution >= 4 is 5.97 Å². The lowest BCUT2D eigenvalue weighted by Gasteiger charge is -2.32. The van der Waals surface area contributed by atoms with Gasteiger partial charge in [0.15, 0.2) is 0 Å². The Morgan fingerprint density at radius 2 is 2.00 bits per heavy atom. The number of aliphatic carboxylic acids is 1. The van der Waals surface area contributed by atoms with Gasteiger partial charge >= 0.3 is 5.97 Å². The number of carboxylic acids is 1. The second-order valence-electron chi connectivity index (χ2n) is 5.47. The zero-order chi connectivity index (χ0) is 13.8. The van der Waals surface area contributed by atoms with E-state index in [4.69, 9.17) is 4.74 Å². The van der Waals surface area contributed by atoms with Crippen LogP contribution in [0.25, 0.3) is 0 Å². The highest BCUT2D eigenvalue weighted by Crippen LogP contribution is 2.40. The van der Waals surface area contributed by atoms with Crippen LogP contribution in [0.4, 0.5) is 0 Å². The van der Waals surface area contributed by atoms with Gasteiger partial charge in [-0.15, -0.1) is 0 Å². The lowest BCUT2D eigenvalue weighted by Crippen LogP contribution is -2.28. The summed E-state index contributed by atoms with van der Waals surface area (Å²) >= 11 is 0. The van der Waals surface area contributed by atoms with Crippen LogP contribution in [0.2, 0.25) is 0 Å². The van der Waals surface area contributed by atoms with Gasteiger partial charge in [0.1, 0.15) is 5.75 Å². The van der Waals surface area contributed by atoms with Crippen LogP contribution in [0.5, 0.6) is 5.75 Å². The van der Waals surface area contributed by atoms with Gasteiger partial charge in [0.05, 0.1) is 12.5 Å². The summed E-state index contributed by atoms with van der Waals surface area (Å²) in [5, 5.41) is 9.37. The maximum absolute atomic E-state index is 11.4. The number of rotatable bonds is 4. The van der Waals surface area contributed by atoms with E-state index >= 15 is 0 Å². The van der Waals surface area contributed by atoms with Crippen LogP contribution in [0.15, 0.2) is 24.3 Å². The Labute approximate surface area is 114 Å². The van der Waals surface area contributed by atoms with Crippen LogP contribution in [0.3, 0.4) is 0 Å². The molecule has 104 valence electrons. The van der Waals surface area contributed by atoms with Gasteiger partial charge < -0.3 is 9.84 Å². The standard InChI is InChI=1S/C16H22O3/c1-3-19-13-7-5-12(6-8-13)15-10-11(2)4-9-14(15)16(17)18/h5-8,11,14-15H,3-4,9-10H2,1-2H3,(H,17,18). The normalized spacial score (nSPS) is 26.9. The number of carboxylic acid groups (broad SMARTS) is 1. The molecule has 0 aliphatic heterocycles. The summed E-state index contributed by atoms with van der Waals surface area (Å²) in [6.07, 6.45) is 2.77. The number of carbonyl (C=O) groups is 1. The Morgan fingerprint density at radius 3 is 2.58 bits per heavy atom. The highest BCUT2D eigenvalue weighted by molar-refractivity contribution is 5.71. The average Bonchev–Trinajstić information content (AvgIpc) is 2.39. The third kappa shape index (κ3) is 3.28. The van der Waals surface area contributed by atoms with E-state index in [0.717, 1.165) is 30.6 Å². The van der Waals surface area contributed by atoms with Gasteiger partial charge in [0.25, 0.3) is 0 Å². The van der Waals surface area contributed by atoms with Crippen molar-refractivity contribution in [2.75, 3.05) is 6.61 Å². The van der Waals surface area contributed by atoms with Crippen molar-refractivity contribution in [3.05, 3.63) is 29.8 Å². The summed E-state index contributed by atoms with van der Waals surface area (Å²) in [5.74, 6) is 0.686. The van der Waals surface area contributed by atoms with Crippen LogP contribution in [-0.4, -0.2) is 17.7 Å². The quantitative estimate of drug-likeness (QED) is 0.900. The first-order valence-electron chi connectivity index (χ1n) is 7.07. The molecule has 0 amide bonds. The summed E-state index contributed by atoms with van der Waals surface area (Å²) < 4.78 is 5.43. The number of ether oxygens (including phenoxy) is 1. The molecule has 1 aromatic carbocycles. The Morgan fingerprint density at radius 1 is 1.32 bits per heavy atom. The van der Waals surface area contributed by atoms with E-state index in [2.05, 4.69) is 6.92 Å². The van der Waals surface area contributed by atoms with Crippen molar-refractivity contribution in [3.63, 3.8) is 0 Å². The third-order valence-corrected chi connectivity index (χ3v) is 4.05.